The molecular weight excluding hydrogens is 322 g/mol. The molecule has 25 heavy (non-hydrogen) atoms. The molecule has 0 aliphatic carbocycles. The first-order valence-corrected chi connectivity index (χ1v) is 7.43. The van der Waals surface area contributed by atoms with Crippen molar-refractivity contribution in [1.82, 2.24) is 4.98 Å². The highest BCUT2D eigenvalue weighted by molar-refractivity contribution is 5.96. The van der Waals surface area contributed by atoms with Crippen LogP contribution in [0.15, 0.2) is 54.7 Å². The van der Waals surface area contributed by atoms with E-state index in [1.807, 2.05) is 6.07 Å². The van der Waals surface area contributed by atoms with Gasteiger partial charge in [-0.3, -0.25) is 9.78 Å². The maximum Gasteiger partial charge on any atom is 0.335 e. The SMILES string of the molecule is Nc1ccc2c(c1)NC(=O)CO2.O=C(O)c1ccc2ncccc2c1. The Balaban J connectivity index is 0.000000146. The monoisotopic (exact) mass is 337 g/mol. The molecule has 126 valence electrons. The zero-order valence-electron chi connectivity index (χ0n) is 13.1. The molecule has 7 nitrogen and oxygen atoms in total. The number of nitrogen functional groups attached to an aromatic ring is 1. The minimum Gasteiger partial charge on any atom is -0.482 e. The molecule has 4 rings (SSSR count). The lowest BCUT2D eigenvalue weighted by molar-refractivity contribution is -0.118. The molecule has 7 heteroatoms. The first-order valence-electron chi connectivity index (χ1n) is 7.43. The van der Waals surface area contributed by atoms with Crippen molar-refractivity contribution in [2.24, 2.45) is 0 Å². The number of nitrogens with two attached hydrogens (primary N) is 1. The zero-order valence-corrected chi connectivity index (χ0v) is 13.1. The summed E-state index contributed by atoms with van der Waals surface area (Å²) in [6.07, 6.45) is 1.68. The largest absolute Gasteiger partial charge is 0.482 e. The molecule has 2 aromatic carbocycles. The lowest BCUT2D eigenvalue weighted by Gasteiger charge is -2.17. The number of carboxylic acids is 1. The number of aromatic nitrogens is 1. The van der Waals surface area contributed by atoms with E-state index in [0.717, 1.165) is 10.9 Å². The molecule has 0 fully saturated rings. The summed E-state index contributed by atoms with van der Waals surface area (Å²) in [7, 11) is 0. The summed E-state index contributed by atoms with van der Waals surface area (Å²) >= 11 is 0. The first kappa shape index (κ1) is 16.3. The maximum atomic E-state index is 10.9. The van der Waals surface area contributed by atoms with Crippen molar-refractivity contribution >= 4 is 34.2 Å². The molecule has 0 spiro atoms. The van der Waals surface area contributed by atoms with Gasteiger partial charge in [0.1, 0.15) is 5.75 Å². The molecule has 1 amide bonds. The number of aromatic carboxylic acids is 1. The molecule has 1 aliphatic rings. The Morgan fingerprint density at radius 2 is 2.04 bits per heavy atom. The van der Waals surface area contributed by atoms with Crippen molar-refractivity contribution in [3.8, 4) is 5.75 Å². The average molecular weight is 337 g/mol. The predicted molar refractivity (Wildman–Crippen MR) is 93.7 cm³/mol. The van der Waals surface area contributed by atoms with Crippen LogP contribution in [0.4, 0.5) is 11.4 Å². The topological polar surface area (TPSA) is 115 Å². The van der Waals surface area contributed by atoms with Crippen molar-refractivity contribution in [3.63, 3.8) is 0 Å². The third-order valence-electron chi connectivity index (χ3n) is 3.49. The lowest BCUT2D eigenvalue weighted by atomic mass is 10.1. The highest BCUT2D eigenvalue weighted by Gasteiger charge is 2.14. The third-order valence-corrected chi connectivity index (χ3v) is 3.49. The summed E-state index contributed by atoms with van der Waals surface area (Å²) in [5.74, 6) is -0.386. The fourth-order valence-corrected chi connectivity index (χ4v) is 2.31. The number of rotatable bonds is 1. The molecule has 1 aromatic heterocycles. The van der Waals surface area contributed by atoms with Crippen LogP contribution < -0.4 is 15.8 Å². The number of benzene rings is 2. The zero-order chi connectivity index (χ0) is 17.8. The van der Waals surface area contributed by atoms with E-state index < -0.39 is 5.97 Å². The van der Waals surface area contributed by atoms with Crippen LogP contribution in [-0.4, -0.2) is 28.6 Å². The van der Waals surface area contributed by atoms with Gasteiger partial charge in [-0.05, 0) is 42.5 Å². The van der Waals surface area contributed by atoms with Gasteiger partial charge in [0.05, 0.1) is 16.8 Å². The van der Waals surface area contributed by atoms with Gasteiger partial charge in [0.2, 0.25) is 0 Å². The molecule has 1 aliphatic heterocycles. The van der Waals surface area contributed by atoms with Gasteiger partial charge in [0.25, 0.3) is 5.91 Å². The number of hydrogen-bond acceptors (Lipinski definition) is 5. The molecule has 0 saturated carbocycles. The first-order chi connectivity index (χ1) is 12.0. The second-order valence-corrected chi connectivity index (χ2v) is 5.31. The normalized spacial score (nSPS) is 12.2. The average Bonchev–Trinajstić information content (AvgIpc) is 2.61. The van der Waals surface area contributed by atoms with Crippen LogP contribution in [0.3, 0.4) is 0 Å². The van der Waals surface area contributed by atoms with Gasteiger partial charge in [0, 0.05) is 17.3 Å². The second-order valence-electron chi connectivity index (χ2n) is 5.31. The van der Waals surface area contributed by atoms with E-state index in [4.69, 9.17) is 15.6 Å². The number of carbonyl (C=O) groups excluding carboxylic acids is 1. The number of carboxylic acid groups (broad SMARTS) is 1. The van der Waals surface area contributed by atoms with Gasteiger partial charge >= 0.3 is 5.97 Å². The Hall–Kier alpha value is -3.61. The number of carbonyl (C=O) groups is 2. The second kappa shape index (κ2) is 6.88. The number of pyridine rings is 1. The van der Waals surface area contributed by atoms with E-state index >= 15 is 0 Å². The fourth-order valence-electron chi connectivity index (χ4n) is 2.31. The summed E-state index contributed by atoms with van der Waals surface area (Å²) in [6.45, 7) is 0.0803. The molecule has 0 radical (unpaired) electrons. The molecule has 0 unspecified atom stereocenters. The number of nitrogens with zero attached hydrogens (tertiary/aromatic N) is 1. The maximum absolute atomic E-state index is 10.9. The standard InChI is InChI=1S/C10H7NO2.C8H8N2O2/c12-10(13)8-3-4-9-7(6-8)2-1-5-11-9;9-5-1-2-7-6(3-5)10-8(11)4-12-7/h1-6H,(H,12,13);1-3H,4,9H2,(H,10,11). The predicted octanol–water partition coefficient (Wildman–Crippen LogP) is 2.53. The quantitative estimate of drug-likeness (QED) is 0.588. The molecule has 3 aromatic rings. The van der Waals surface area contributed by atoms with E-state index in [2.05, 4.69) is 10.3 Å². The smallest absolute Gasteiger partial charge is 0.335 e. The summed E-state index contributed by atoms with van der Waals surface area (Å²) in [5.41, 5.74) is 7.88. The van der Waals surface area contributed by atoms with E-state index in [1.165, 1.54) is 0 Å². The van der Waals surface area contributed by atoms with E-state index in [9.17, 15) is 9.59 Å². The van der Waals surface area contributed by atoms with Gasteiger partial charge in [-0.25, -0.2) is 4.79 Å². The summed E-state index contributed by atoms with van der Waals surface area (Å²) in [4.78, 5) is 25.6. The Bertz CT molecular complexity index is 956. The van der Waals surface area contributed by atoms with Crippen LogP contribution in [-0.2, 0) is 4.79 Å². The Kier molecular flexibility index (Phi) is 4.47. The Labute approximate surface area is 143 Å². The Morgan fingerprint density at radius 3 is 2.84 bits per heavy atom. The summed E-state index contributed by atoms with van der Waals surface area (Å²) < 4.78 is 5.12. The number of fused-ring (bicyclic) bond motifs is 2. The van der Waals surface area contributed by atoms with Gasteiger partial charge in [0.15, 0.2) is 6.61 Å². The lowest BCUT2D eigenvalue weighted by Crippen LogP contribution is -2.25. The fraction of sp³-hybridized carbons (Fsp3) is 0.0556. The molecule has 0 atom stereocenters. The number of hydrogen-bond donors (Lipinski definition) is 3. The summed E-state index contributed by atoms with van der Waals surface area (Å²) in [5, 5.41) is 12.2. The van der Waals surface area contributed by atoms with Crippen LogP contribution >= 0.6 is 0 Å². The summed E-state index contributed by atoms with van der Waals surface area (Å²) in [6, 6.07) is 13.6. The van der Waals surface area contributed by atoms with Crippen molar-refractivity contribution in [2.45, 2.75) is 0 Å². The van der Waals surface area contributed by atoms with Crippen molar-refractivity contribution < 1.29 is 19.4 Å². The number of nitrogens with one attached hydrogen (secondary N) is 1. The number of amides is 1. The van der Waals surface area contributed by atoms with Crippen LogP contribution in [0.5, 0.6) is 5.75 Å². The van der Waals surface area contributed by atoms with Crippen molar-refractivity contribution in [2.75, 3.05) is 17.7 Å². The van der Waals surface area contributed by atoms with Gasteiger partial charge in [-0.15, -0.1) is 0 Å². The van der Waals surface area contributed by atoms with Crippen LogP contribution in [0.2, 0.25) is 0 Å². The van der Waals surface area contributed by atoms with E-state index in [0.29, 0.717) is 22.7 Å². The Morgan fingerprint density at radius 1 is 1.20 bits per heavy atom. The van der Waals surface area contributed by atoms with E-state index in [-0.39, 0.29) is 12.5 Å². The van der Waals surface area contributed by atoms with E-state index in [1.54, 1.807) is 48.7 Å². The third kappa shape index (κ3) is 3.84. The van der Waals surface area contributed by atoms with Gasteiger partial charge in [-0.1, -0.05) is 6.07 Å². The van der Waals surface area contributed by atoms with Crippen molar-refractivity contribution in [3.05, 3.63) is 60.3 Å². The molecule has 0 bridgehead atoms. The number of ether oxygens (including phenoxy) is 1. The van der Waals surface area contributed by atoms with Crippen LogP contribution in [0.25, 0.3) is 10.9 Å². The van der Waals surface area contributed by atoms with Gasteiger partial charge in [-0.2, -0.15) is 0 Å². The minimum atomic E-state index is -0.911. The van der Waals surface area contributed by atoms with Crippen LogP contribution in [0.1, 0.15) is 10.4 Å². The molecule has 2 heterocycles. The van der Waals surface area contributed by atoms with Gasteiger partial charge < -0.3 is 20.9 Å². The van der Waals surface area contributed by atoms with Crippen LogP contribution in [0, 0.1) is 0 Å². The number of anilines is 2. The van der Waals surface area contributed by atoms with Crippen molar-refractivity contribution in [1.29, 1.82) is 0 Å². The molecule has 4 N–H and O–H groups in total. The minimum absolute atomic E-state index is 0.0803. The highest BCUT2D eigenvalue weighted by atomic mass is 16.5. The molecule has 0 saturated heterocycles. The molecular formula is C18H15N3O4. The highest BCUT2D eigenvalue weighted by Crippen LogP contribution is 2.28.